The van der Waals surface area contributed by atoms with Crippen LogP contribution in [0, 0.1) is 13.8 Å². The van der Waals surface area contributed by atoms with Crippen LogP contribution in [0.3, 0.4) is 0 Å². The SMILES string of the molecule is Cc1ccc(C)c2c1C1C3c4ccccc4C(c4ccccc43)C21. The zero-order valence-electron chi connectivity index (χ0n) is 14.1. The number of hydrogen-bond donors (Lipinski definition) is 0. The van der Waals surface area contributed by atoms with E-state index < -0.39 is 0 Å². The smallest absolute Gasteiger partial charge is 0.0170 e. The average molecular weight is 308 g/mol. The Hall–Kier alpha value is -2.34. The highest BCUT2D eigenvalue weighted by atomic mass is 14.6. The van der Waals surface area contributed by atoms with Crippen LogP contribution < -0.4 is 0 Å². The second-order valence-electron chi connectivity index (χ2n) is 7.79. The monoisotopic (exact) mass is 308 g/mol. The minimum Gasteiger partial charge on any atom is -0.0620 e. The van der Waals surface area contributed by atoms with Gasteiger partial charge in [-0.25, -0.2) is 0 Å². The molecule has 0 saturated heterocycles. The Morgan fingerprint density at radius 1 is 0.500 bits per heavy atom. The Balaban J connectivity index is 1.71. The first-order chi connectivity index (χ1) is 11.8. The first-order valence-corrected chi connectivity index (χ1v) is 9.05. The molecule has 0 saturated carbocycles. The van der Waals surface area contributed by atoms with E-state index in [1.807, 2.05) is 0 Å². The van der Waals surface area contributed by atoms with Gasteiger partial charge < -0.3 is 0 Å². The molecule has 0 fully saturated rings. The van der Waals surface area contributed by atoms with E-state index in [0.717, 1.165) is 0 Å². The van der Waals surface area contributed by atoms with Crippen molar-refractivity contribution in [3.05, 3.63) is 105 Å². The van der Waals surface area contributed by atoms with Gasteiger partial charge in [0.25, 0.3) is 0 Å². The zero-order valence-corrected chi connectivity index (χ0v) is 14.1. The topological polar surface area (TPSA) is 0 Å². The normalized spacial score (nSPS) is 27.6. The Kier molecular flexibility index (Phi) is 2.27. The van der Waals surface area contributed by atoms with Gasteiger partial charge in [0.15, 0.2) is 0 Å². The lowest BCUT2D eigenvalue weighted by molar-refractivity contribution is 0.335. The summed E-state index contributed by atoms with van der Waals surface area (Å²) in [6.07, 6.45) is 0. The summed E-state index contributed by atoms with van der Waals surface area (Å²) in [5.41, 5.74) is 12.6. The Morgan fingerprint density at radius 2 is 0.833 bits per heavy atom. The number of benzene rings is 3. The molecule has 3 aromatic carbocycles. The molecule has 4 aliphatic rings. The molecule has 0 amide bonds. The third-order valence-corrected chi connectivity index (χ3v) is 6.83. The van der Waals surface area contributed by atoms with Crippen LogP contribution in [0.4, 0.5) is 0 Å². The quantitative estimate of drug-likeness (QED) is 0.494. The minimum atomic E-state index is 0.542. The van der Waals surface area contributed by atoms with E-state index in [-0.39, 0.29) is 0 Å². The van der Waals surface area contributed by atoms with Crippen molar-refractivity contribution in [2.75, 3.05) is 0 Å². The molecule has 3 aromatic rings. The molecule has 2 bridgehead atoms. The molecular weight excluding hydrogens is 288 g/mol. The van der Waals surface area contributed by atoms with Gasteiger partial charge in [0.2, 0.25) is 0 Å². The molecule has 4 aliphatic carbocycles. The van der Waals surface area contributed by atoms with E-state index in [0.29, 0.717) is 23.7 Å². The molecule has 0 N–H and O–H groups in total. The third-order valence-electron chi connectivity index (χ3n) is 6.83. The predicted molar refractivity (Wildman–Crippen MR) is 98.0 cm³/mol. The van der Waals surface area contributed by atoms with Crippen molar-refractivity contribution in [1.82, 2.24) is 0 Å². The Labute approximate surface area is 143 Å². The van der Waals surface area contributed by atoms with Crippen LogP contribution in [-0.4, -0.2) is 0 Å². The van der Waals surface area contributed by atoms with E-state index in [1.54, 1.807) is 33.4 Å². The lowest BCUT2D eigenvalue weighted by atomic mass is 9.44. The molecule has 0 spiro atoms. The van der Waals surface area contributed by atoms with Crippen molar-refractivity contribution in [3.8, 4) is 0 Å². The van der Waals surface area contributed by atoms with Gasteiger partial charge in [0.05, 0.1) is 0 Å². The molecule has 0 heterocycles. The van der Waals surface area contributed by atoms with Gasteiger partial charge in [-0.3, -0.25) is 0 Å². The van der Waals surface area contributed by atoms with E-state index in [1.165, 1.54) is 11.1 Å². The molecule has 0 aliphatic heterocycles. The van der Waals surface area contributed by atoms with Crippen LogP contribution in [0.15, 0.2) is 60.7 Å². The van der Waals surface area contributed by atoms with Crippen LogP contribution >= 0.6 is 0 Å². The van der Waals surface area contributed by atoms with Crippen molar-refractivity contribution < 1.29 is 0 Å². The summed E-state index contributed by atoms with van der Waals surface area (Å²) in [4.78, 5) is 0. The highest BCUT2D eigenvalue weighted by molar-refractivity contribution is 5.68. The van der Waals surface area contributed by atoms with Crippen LogP contribution in [0.2, 0.25) is 0 Å². The van der Waals surface area contributed by atoms with Gasteiger partial charge in [-0.15, -0.1) is 0 Å². The fourth-order valence-electron chi connectivity index (χ4n) is 6.01. The van der Waals surface area contributed by atoms with Gasteiger partial charge in [0, 0.05) is 23.7 Å². The van der Waals surface area contributed by atoms with Gasteiger partial charge in [-0.2, -0.15) is 0 Å². The summed E-state index contributed by atoms with van der Waals surface area (Å²) >= 11 is 0. The van der Waals surface area contributed by atoms with Crippen molar-refractivity contribution in [2.24, 2.45) is 0 Å². The molecule has 116 valence electrons. The Bertz CT molecular complexity index is 882. The molecule has 24 heavy (non-hydrogen) atoms. The maximum absolute atomic E-state index is 2.38. The molecule has 0 aromatic heterocycles. The number of rotatable bonds is 0. The van der Waals surface area contributed by atoms with Crippen molar-refractivity contribution in [2.45, 2.75) is 37.5 Å². The number of fused-ring (bicyclic) bond motifs is 1. The molecule has 0 nitrogen and oxygen atoms in total. The van der Waals surface area contributed by atoms with E-state index in [9.17, 15) is 0 Å². The van der Waals surface area contributed by atoms with Crippen LogP contribution in [-0.2, 0) is 0 Å². The van der Waals surface area contributed by atoms with E-state index in [2.05, 4.69) is 74.5 Å². The first-order valence-electron chi connectivity index (χ1n) is 9.05. The molecule has 0 radical (unpaired) electrons. The highest BCUT2D eigenvalue weighted by Gasteiger charge is 2.57. The molecule has 2 unspecified atom stereocenters. The van der Waals surface area contributed by atoms with E-state index >= 15 is 0 Å². The summed E-state index contributed by atoms with van der Waals surface area (Å²) in [6, 6.07) is 23.0. The van der Waals surface area contributed by atoms with Crippen molar-refractivity contribution in [3.63, 3.8) is 0 Å². The predicted octanol–water partition coefficient (Wildman–Crippen LogP) is 5.78. The lowest BCUT2D eigenvalue weighted by Gasteiger charge is -2.58. The Morgan fingerprint density at radius 3 is 1.17 bits per heavy atom. The molecule has 7 rings (SSSR count). The lowest BCUT2D eigenvalue weighted by Crippen LogP contribution is -2.44. The van der Waals surface area contributed by atoms with E-state index in [4.69, 9.17) is 0 Å². The van der Waals surface area contributed by atoms with Crippen molar-refractivity contribution in [1.29, 1.82) is 0 Å². The summed E-state index contributed by atoms with van der Waals surface area (Å²) in [5, 5.41) is 0. The number of aryl methyl sites for hydroxylation is 2. The molecule has 0 heteroatoms. The highest BCUT2D eigenvalue weighted by Crippen LogP contribution is 2.71. The minimum absolute atomic E-state index is 0.542. The summed E-state index contributed by atoms with van der Waals surface area (Å²) in [7, 11) is 0. The fraction of sp³-hybridized carbons (Fsp3) is 0.250. The van der Waals surface area contributed by atoms with Gasteiger partial charge in [-0.05, 0) is 58.4 Å². The molecule has 2 atom stereocenters. The second kappa shape index (κ2) is 4.19. The largest absolute Gasteiger partial charge is 0.0620 e. The van der Waals surface area contributed by atoms with Crippen LogP contribution in [0.5, 0.6) is 0 Å². The van der Waals surface area contributed by atoms with Crippen LogP contribution in [0.1, 0.15) is 68.2 Å². The average Bonchev–Trinajstić information content (AvgIpc) is 2.60. The standard InChI is InChI=1S/C24H20/c1-13-11-12-14(2)20-19(13)23-21-15-7-3-5-9-17(15)22(24(20)23)18-10-6-4-8-16(18)21/h3-12,21-24H,1-2H3. The zero-order chi connectivity index (χ0) is 16.0. The summed E-state index contributed by atoms with van der Waals surface area (Å²) < 4.78 is 0. The third kappa shape index (κ3) is 1.30. The summed E-state index contributed by atoms with van der Waals surface area (Å²) in [5.74, 6) is 2.44. The van der Waals surface area contributed by atoms with Gasteiger partial charge in [0.1, 0.15) is 0 Å². The fourth-order valence-corrected chi connectivity index (χ4v) is 6.01. The maximum atomic E-state index is 2.38. The second-order valence-corrected chi connectivity index (χ2v) is 7.79. The van der Waals surface area contributed by atoms with Crippen molar-refractivity contribution >= 4 is 0 Å². The van der Waals surface area contributed by atoms with Crippen LogP contribution in [0.25, 0.3) is 0 Å². The molecular formula is C24H20. The first kappa shape index (κ1) is 13.0. The van der Waals surface area contributed by atoms with Gasteiger partial charge >= 0.3 is 0 Å². The van der Waals surface area contributed by atoms with Gasteiger partial charge in [-0.1, -0.05) is 60.7 Å². The maximum Gasteiger partial charge on any atom is 0.0170 e. The number of hydrogen-bond acceptors (Lipinski definition) is 0. The summed E-state index contributed by atoms with van der Waals surface area (Å²) in [6.45, 7) is 4.60.